The Morgan fingerprint density at radius 1 is 1.30 bits per heavy atom. The van der Waals surface area contributed by atoms with Gasteiger partial charge in [0, 0.05) is 16.0 Å². The smallest absolute Gasteiger partial charge is 0.257 e. The molecule has 3 aromatic rings. The molecule has 0 fully saturated rings. The van der Waals surface area contributed by atoms with Crippen molar-refractivity contribution in [2.45, 2.75) is 46.0 Å². The summed E-state index contributed by atoms with van der Waals surface area (Å²) in [6, 6.07) is 10.1. The lowest BCUT2D eigenvalue weighted by Crippen LogP contribution is -2.16. The largest absolute Gasteiger partial charge is 0.312 e. The van der Waals surface area contributed by atoms with E-state index >= 15 is 0 Å². The summed E-state index contributed by atoms with van der Waals surface area (Å²) in [6.45, 7) is 4.00. The highest BCUT2D eigenvalue weighted by Gasteiger charge is 2.24. The second-order valence-electron chi connectivity index (χ2n) is 6.91. The summed E-state index contributed by atoms with van der Waals surface area (Å²) in [5, 5.41) is 14.2. The van der Waals surface area contributed by atoms with Crippen LogP contribution in [0.2, 0.25) is 0 Å². The number of anilines is 1. The fourth-order valence-corrected chi connectivity index (χ4v) is 5.17. The Hall–Kier alpha value is -2.71. The number of carbonyl (C=O) groups is 1. The van der Waals surface area contributed by atoms with Crippen LogP contribution in [-0.4, -0.2) is 10.9 Å². The molecule has 5 heteroatoms. The SMILES string of the molecule is CCc1nc2ccccc2c(C(=O)Nc2sc3c(c2C#N)CCCC3)c1C. The first-order valence-corrected chi connectivity index (χ1v) is 10.2. The van der Waals surface area contributed by atoms with Crippen LogP contribution in [0.1, 0.15) is 57.4 Å². The fourth-order valence-electron chi connectivity index (χ4n) is 3.93. The molecular weight excluding hydrogens is 354 g/mol. The third-order valence-electron chi connectivity index (χ3n) is 5.31. The van der Waals surface area contributed by atoms with Gasteiger partial charge in [0.1, 0.15) is 11.1 Å². The number of nitriles is 1. The number of hydrogen-bond donors (Lipinski definition) is 1. The molecule has 0 unspecified atom stereocenters. The van der Waals surface area contributed by atoms with E-state index in [9.17, 15) is 10.1 Å². The number of amides is 1. The van der Waals surface area contributed by atoms with Crippen LogP contribution >= 0.6 is 11.3 Å². The second-order valence-corrected chi connectivity index (χ2v) is 8.02. The standard InChI is InChI=1S/C22H21N3OS/c1-3-17-13(2)20(15-9-4-6-10-18(15)24-17)21(26)25-22-16(12-23)14-8-5-7-11-19(14)27-22/h4,6,9-10H,3,5,7-8,11H2,1-2H3,(H,25,26). The minimum absolute atomic E-state index is 0.157. The number of nitrogens with zero attached hydrogens (tertiary/aromatic N) is 2. The van der Waals surface area contributed by atoms with Gasteiger partial charge in [-0.25, -0.2) is 0 Å². The summed E-state index contributed by atoms with van der Waals surface area (Å²) in [6.07, 6.45) is 4.97. The van der Waals surface area contributed by atoms with Crippen LogP contribution < -0.4 is 5.32 Å². The predicted octanol–water partition coefficient (Wildman–Crippen LogP) is 5.17. The van der Waals surface area contributed by atoms with E-state index in [1.165, 1.54) is 4.88 Å². The number of rotatable bonds is 3. The van der Waals surface area contributed by atoms with Gasteiger partial charge < -0.3 is 5.32 Å². The van der Waals surface area contributed by atoms with Crippen molar-refractivity contribution < 1.29 is 4.79 Å². The minimum atomic E-state index is -0.157. The molecule has 4 rings (SSSR count). The summed E-state index contributed by atoms with van der Waals surface area (Å²) >= 11 is 1.56. The maximum atomic E-state index is 13.3. The van der Waals surface area contributed by atoms with Gasteiger partial charge in [-0.1, -0.05) is 25.1 Å². The van der Waals surface area contributed by atoms with Gasteiger partial charge in [0.05, 0.1) is 16.6 Å². The lowest BCUT2D eigenvalue weighted by Gasteiger charge is -2.13. The molecule has 0 spiro atoms. The molecule has 1 aromatic carbocycles. The van der Waals surface area contributed by atoms with Gasteiger partial charge in [0.25, 0.3) is 5.91 Å². The average molecular weight is 375 g/mol. The molecule has 0 bridgehead atoms. The maximum absolute atomic E-state index is 13.3. The number of hydrogen-bond acceptors (Lipinski definition) is 4. The number of pyridine rings is 1. The molecule has 1 amide bonds. The van der Waals surface area contributed by atoms with Crippen molar-refractivity contribution in [3.05, 3.63) is 57.1 Å². The molecule has 4 nitrogen and oxygen atoms in total. The third kappa shape index (κ3) is 3.00. The van der Waals surface area contributed by atoms with Crippen molar-refractivity contribution in [3.63, 3.8) is 0 Å². The molecule has 0 aliphatic heterocycles. The van der Waals surface area contributed by atoms with Gasteiger partial charge in [0.15, 0.2) is 0 Å². The lowest BCUT2D eigenvalue weighted by molar-refractivity contribution is 0.102. The molecule has 2 heterocycles. The highest BCUT2D eigenvalue weighted by atomic mass is 32.1. The van der Waals surface area contributed by atoms with E-state index in [-0.39, 0.29) is 5.91 Å². The van der Waals surface area contributed by atoms with Gasteiger partial charge in [0.2, 0.25) is 0 Å². The van der Waals surface area contributed by atoms with Gasteiger partial charge in [-0.2, -0.15) is 5.26 Å². The van der Waals surface area contributed by atoms with Crippen molar-refractivity contribution in [1.82, 2.24) is 4.98 Å². The molecule has 0 atom stereocenters. The molecule has 1 aliphatic carbocycles. The highest BCUT2D eigenvalue weighted by molar-refractivity contribution is 7.16. The third-order valence-corrected chi connectivity index (χ3v) is 6.52. The average Bonchev–Trinajstić information content (AvgIpc) is 3.04. The molecule has 1 aliphatic rings. The van der Waals surface area contributed by atoms with E-state index in [0.29, 0.717) is 16.1 Å². The summed E-state index contributed by atoms with van der Waals surface area (Å²) in [4.78, 5) is 19.2. The van der Waals surface area contributed by atoms with Gasteiger partial charge in [-0.15, -0.1) is 11.3 Å². The number of nitrogens with one attached hydrogen (secondary N) is 1. The first-order chi connectivity index (χ1) is 13.1. The first kappa shape index (κ1) is 17.7. The highest BCUT2D eigenvalue weighted by Crippen LogP contribution is 2.38. The normalized spacial score (nSPS) is 13.2. The summed E-state index contributed by atoms with van der Waals surface area (Å²) in [5.41, 5.74) is 5.12. The van der Waals surface area contributed by atoms with Gasteiger partial charge in [-0.3, -0.25) is 9.78 Å². The molecule has 136 valence electrons. The van der Waals surface area contributed by atoms with Crippen molar-refractivity contribution in [2.24, 2.45) is 0 Å². The quantitative estimate of drug-likeness (QED) is 0.687. The molecule has 0 saturated heterocycles. The predicted molar refractivity (Wildman–Crippen MR) is 109 cm³/mol. The number of aryl methyl sites for hydroxylation is 2. The van der Waals surface area contributed by atoms with Crippen LogP contribution in [0.15, 0.2) is 24.3 Å². The summed E-state index contributed by atoms with van der Waals surface area (Å²) < 4.78 is 0. The number of benzene rings is 1. The van der Waals surface area contributed by atoms with Crippen LogP contribution in [0.5, 0.6) is 0 Å². The summed E-state index contributed by atoms with van der Waals surface area (Å²) in [5.74, 6) is -0.157. The van der Waals surface area contributed by atoms with E-state index in [4.69, 9.17) is 4.98 Å². The zero-order valence-electron chi connectivity index (χ0n) is 15.6. The van der Waals surface area contributed by atoms with Gasteiger partial charge in [-0.05, 0) is 56.2 Å². The fraction of sp³-hybridized carbons (Fsp3) is 0.318. The van der Waals surface area contributed by atoms with Crippen LogP contribution in [-0.2, 0) is 19.3 Å². The van der Waals surface area contributed by atoms with Crippen LogP contribution in [0.3, 0.4) is 0 Å². The Balaban J connectivity index is 1.80. The Bertz CT molecular complexity index is 1090. The number of thiophene rings is 1. The van der Waals surface area contributed by atoms with E-state index in [1.807, 2.05) is 38.1 Å². The zero-order valence-corrected chi connectivity index (χ0v) is 16.4. The monoisotopic (exact) mass is 375 g/mol. The zero-order chi connectivity index (χ0) is 19.0. The lowest BCUT2D eigenvalue weighted by atomic mass is 9.96. The van der Waals surface area contributed by atoms with Crippen molar-refractivity contribution in [3.8, 4) is 6.07 Å². The molecule has 0 radical (unpaired) electrons. The van der Waals surface area contributed by atoms with Crippen molar-refractivity contribution in [2.75, 3.05) is 5.32 Å². The van der Waals surface area contributed by atoms with Crippen LogP contribution in [0.25, 0.3) is 10.9 Å². The number of fused-ring (bicyclic) bond motifs is 2. The minimum Gasteiger partial charge on any atom is -0.312 e. The van der Waals surface area contributed by atoms with Crippen LogP contribution in [0.4, 0.5) is 5.00 Å². The molecule has 1 N–H and O–H groups in total. The molecule has 2 aromatic heterocycles. The maximum Gasteiger partial charge on any atom is 0.257 e. The number of para-hydroxylation sites is 1. The van der Waals surface area contributed by atoms with E-state index < -0.39 is 0 Å². The second kappa shape index (κ2) is 7.13. The Labute approximate surface area is 162 Å². The topological polar surface area (TPSA) is 65.8 Å². The van der Waals surface area contributed by atoms with E-state index in [2.05, 4.69) is 11.4 Å². The first-order valence-electron chi connectivity index (χ1n) is 9.38. The van der Waals surface area contributed by atoms with Crippen molar-refractivity contribution in [1.29, 1.82) is 5.26 Å². The summed E-state index contributed by atoms with van der Waals surface area (Å²) in [7, 11) is 0. The van der Waals surface area contributed by atoms with E-state index in [1.54, 1.807) is 11.3 Å². The number of carbonyl (C=O) groups excluding carboxylic acids is 1. The van der Waals surface area contributed by atoms with Crippen molar-refractivity contribution >= 4 is 33.1 Å². The Morgan fingerprint density at radius 3 is 2.85 bits per heavy atom. The Kier molecular flexibility index (Phi) is 4.67. The van der Waals surface area contributed by atoms with E-state index in [0.717, 1.165) is 59.8 Å². The van der Waals surface area contributed by atoms with Crippen LogP contribution in [0, 0.1) is 18.3 Å². The number of aromatic nitrogens is 1. The molecular formula is C22H21N3OS. The molecule has 0 saturated carbocycles. The Morgan fingerprint density at radius 2 is 2.07 bits per heavy atom. The molecule has 27 heavy (non-hydrogen) atoms. The van der Waals surface area contributed by atoms with Gasteiger partial charge >= 0.3 is 0 Å².